The standard InChI is InChI=1S/C30H37FN6/c1-7-13-27(37-14-11-10-12-15-37)28-20(6)33-30(34-28)29-24-17-23(25(31)18-26(24)35-36-29)21(8-2)16-22(9-3)32-19(4)5/h7-9,13,16-19,32H,1,3,10-12,14-15H2,2,4-6H3,(H,33,34)(H,35,36)/b21-8+,22-16+,27-13+. The number of H-pyrrole nitrogens is 2. The minimum Gasteiger partial charge on any atom is -0.383 e. The van der Waals surface area contributed by atoms with Gasteiger partial charge in [-0.3, -0.25) is 5.10 Å². The van der Waals surface area contributed by atoms with Gasteiger partial charge in [-0.05, 0) is 76.8 Å². The molecule has 0 amide bonds. The molecule has 3 heterocycles. The lowest BCUT2D eigenvalue weighted by molar-refractivity contribution is 0.325. The molecule has 0 bridgehead atoms. The Morgan fingerprint density at radius 2 is 1.95 bits per heavy atom. The maximum absolute atomic E-state index is 15.2. The van der Waals surface area contributed by atoms with E-state index in [0.29, 0.717) is 22.6 Å². The first kappa shape index (κ1) is 26.2. The van der Waals surface area contributed by atoms with E-state index < -0.39 is 0 Å². The van der Waals surface area contributed by atoms with E-state index in [-0.39, 0.29) is 11.9 Å². The second kappa shape index (κ2) is 11.5. The van der Waals surface area contributed by atoms with Gasteiger partial charge in [-0.25, -0.2) is 9.37 Å². The molecule has 2 aromatic heterocycles. The summed E-state index contributed by atoms with van der Waals surface area (Å²) in [5, 5.41) is 11.6. The second-order valence-electron chi connectivity index (χ2n) is 9.69. The number of nitrogens with one attached hydrogen (secondary N) is 3. The van der Waals surface area contributed by atoms with Crippen LogP contribution in [-0.4, -0.2) is 44.2 Å². The Bertz CT molecular complexity index is 1380. The molecule has 1 aromatic carbocycles. The van der Waals surface area contributed by atoms with Crippen molar-refractivity contribution in [2.24, 2.45) is 0 Å². The van der Waals surface area contributed by atoms with Crippen molar-refractivity contribution in [3.63, 3.8) is 0 Å². The van der Waals surface area contributed by atoms with Gasteiger partial charge in [0.25, 0.3) is 0 Å². The average molecular weight is 501 g/mol. The molecule has 0 unspecified atom stereocenters. The Morgan fingerprint density at radius 1 is 1.19 bits per heavy atom. The van der Waals surface area contributed by atoms with Crippen molar-refractivity contribution in [1.82, 2.24) is 30.4 Å². The molecule has 1 fully saturated rings. The number of rotatable bonds is 9. The molecule has 3 N–H and O–H groups in total. The fourth-order valence-corrected chi connectivity index (χ4v) is 4.82. The first-order chi connectivity index (χ1) is 17.9. The van der Waals surface area contributed by atoms with Crippen LogP contribution in [0.15, 0.2) is 61.4 Å². The minimum atomic E-state index is -0.322. The first-order valence-corrected chi connectivity index (χ1v) is 13.0. The molecule has 4 rings (SSSR count). The lowest BCUT2D eigenvalue weighted by atomic mass is 10.0. The minimum absolute atomic E-state index is 0.233. The van der Waals surface area contributed by atoms with E-state index >= 15 is 4.39 Å². The van der Waals surface area contributed by atoms with E-state index in [2.05, 4.69) is 52.4 Å². The number of hydrogen-bond acceptors (Lipinski definition) is 4. The van der Waals surface area contributed by atoms with E-state index in [1.54, 1.807) is 6.08 Å². The number of likely N-dealkylation sites (tertiary alicyclic amines) is 1. The second-order valence-corrected chi connectivity index (χ2v) is 9.69. The molecule has 194 valence electrons. The Labute approximate surface area is 218 Å². The zero-order valence-electron chi connectivity index (χ0n) is 22.3. The van der Waals surface area contributed by atoms with E-state index in [9.17, 15) is 0 Å². The van der Waals surface area contributed by atoms with Gasteiger partial charge < -0.3 is 15.2 Å². The monoisotopic (exact) mass is 500 g/mol. The van der Waals surface area contributed by atoms with Crippen LogP contribution in [0.1, 0.15) is 57.0 Å². The van der Waals surface area contributed by atoms with Gasteiger partial charge in [-0.1, -0.05) is 25.3 Å². The Morgan fingerprint density at radius 3 is 2.59 bits per heavy atom. The van der Waals surface area contributed by atoms with Gasteiger partial charge in [0.2, 0.25) is 0 Å². The molecule has 1 aliphatic rings. The van der Waals surface area contributed by atoms with Crippen LogP contribution in [0.25, 0.3) is 33.7 Å². The normalized spacial score (nSPS) is 15.5. The average Bonchev–Trinajstić information content (AvgIpc) is 3.47. The van der Waals surface area contributed by atoms with Crippen LogP contribution in [0.2, 0.25) is 0 Å². The number of aromatic amines is 2. The molecule has 0 radical (unpaired) electrons. The topological polar surface area (TPSA) is 72.6 Å². The highest BCUT2D eigenvalue weighted by Gasteiger charge is 2.22. The molecule has 7 heteroatoms. The van der Waals surface area contributed by atoms with Crippen molar-refractivity contribution < 1.29 is 4.39 Å². The number of benzene rings is 1. The number of aryl methyl sites for hydroxylation is 1. The zero-order valence-corrected chi connectivity index (χ0v) is 22.3. The summed E-state index contributed by atoms with van der Waals surface area (Å²) in [6, 6.07) is 3.57. The molecular weight excluding hydrogens is 463 g/mol. The lowest BCUT2D eigenvalue weighted by Crippen LogP contribution is -2.28. The summed E-state index contributed by atoms with van der Waals surface area (Å²) in [4.78, 5) is 10.8. The number of piperidine rings is 1. The van der Waals surface area contributed by atoms with Crippen LogP contribution >= 0.6 is 0 Å². The summed E-state index contributed by atoms with van der Waals surface area (Å²) in [5.74, 6) is 0.326. The molecule has 6 nitrogen and oxygen atoms in total. The number of allylic oxidation sites excluding steroid dienone is 6. The third kappa shape index (κ3) is 5.61. The maximum atomic E-state index is 15.2. The van der Waals surface area contributed by atoms with Crippen molar-refractivity contribution in [1.29, 1.82) is 0 Å². The van der Waals surface area contributed by atoms with Crippen molar-refractivity contribution >= 4 is 22.2 Å². The number of nitrogens with zero attached hydrogens (tertiary/aromatic N) is 3. The van der Waals surface area contributed by atoms with Gasteiger partial charge in [0.1, 0.15) is 17.2 Å². The van der Waals surface area contributed by atoms with E-state index in [4.69, 9.17) is 4.98 Å². The third-order valence-corrected chi connectivity index (χ3v) is 6.58. The van der Waals surface area contributed by atoms with Crippen LogP contribution in [0.3, 0.4) is 0 Å². The fourth-order valence-electron chi connectivity index (χ4n) is 4.82. The number of fused-ring (bicyclic) bond motifs is 1. The SMILES string of the molecule is C=C/C=C(\c1nc(-c2n[nH]c3cc(F)c(C(/C=C(\C=C)NC(C)C)=C/C)cc23)[nH]c1C)N1CCCCC1. The summed E-state index contributed by atoms with van der Waals surface area (Å²) in [6.45, 7) is 17.9. The zero-order chi connectivity index (χ0) is 26.5. The maximum Gasteiger partial charge on any atom is 0.159 e. The highest BCUT2D eigenvalue weighted by Crippen LogP contribution is 2.33. The van der Waals surface area contributed by atoms with E-state index in [0.717, 1.165) is 46.8 Å². The van der Waals surface area contributed by atoms with Crippen molar-refractivity contribution in [3.8, 4) is 11.5 Å². The number of hydrogen-bond donors (Lipinski definition) is 3. The van der Waals surface area contributed by atoms with Gasteiger partial charge in [0.05, 0.1) is 11.2 Å². The molecule has 0 atom stereocenters. The van der Waals surface area contributed by atoms with Gasteiger partial charge >= 0.3 is 0 Å². The summed E-state index contributed by atoms with van der Waals surface area (Å²) in [5.41, 5.74) is 6.28. The largest absolute Gasteiger partial charge is 0.383 e. The molecular formula is C30H37FN6. The third-order valence-electron chi connectivity index (χ3n) is 6.58. The molecule has 0 spiro atoms. The Hall–Kier alpha value is -3.87. The van der Waals surface area contributed by atoms with Gasteiger partial charge in [0, 0.05) is 47.5 Å². The summed E-state index contributed by atoms with van der Waals surface area (Å²) in [6.07, 6.45) is 13.0. The smallest absolute Gasteiger partial charge is 0.159 e. The van der Waals surface area contributed by atoms with E-state index in [1.165, 1.54) is 25.3 Å². The number of halogens is 1. The molecule has 37 heavy (non-hydrogen) atoms. The highest BCUT2D eigenvalue weighted by atomic mass is 19.1. The molecule has 0 aliphatic carbocycles. The predicted molar refractivity (Wildman–Crippen MR) is 152 cm³/mol. The Kier molecular flexibility index (Phi) is 8.11. The molecule has 0 saturated carbocycles. The van der Waals surface area contributed by atoms with Crippen LogP contribution in [0.5, 0.6) is 0 Å². The van der Waals surface area contributed by atoms with Crippen molar-refractivity contribution in [3.05, 3.63) is 84.1 Å². The highest BCUT2D eigenvalue weighted by molar-refractivity contribution is 5.94. The van der Waals surface area contributed by atoms with Crippen LogP contribution in [-0.2, 0) is 0 Å². The summed E-state index contributed by atoms with van der Waals surface area (Å²) in [7, 11) is 0. The first-order valence-electron chi connectivity index (χ1n) is 13.0. The van der Waals surface area contributed by atoms with Crippen LogP contribution < -0.4 is 5.32 Å². The lowest BCUT2D eigenvalue weighted by Gasteiger charge is -2.30. The van der Waals surface area contributed by atoms with Gasteiger partial charge in [0.15, 0.2) is 5.82 Å². The van der Waals surface area contributed by atoms with Crippen LogP contribution in [0, 0.1) is 12.7 Å². The summed E-state index contributed by atoms with van der Waals surface area (Å²) >= 11 is 0. The predicted octanol–water partition coefficient (Wildman–Crippen LogP) is 6.88. The Balaban J connectivity index is 1.77. The molecule has 3 aromatic rings. The van der Waals surface area contributed by atoms with Gasteiger partial charge in [-0.15, -0.1) is 0 Å². The van der Waals surface area contributed by atoms with E-state index in [1.807, 2.05) is 44.2 Å². The van der Waals surface area contributed by atoms with Crippen molar-refractivity contribution in [2.45, 2.75) is 53.0 Å². The number of imidazole rings is 1. The molecule has 1 saturated heterocycles. The molecule has 1 aliphatic heterocycles. The van der Waals surface area contributed by atoms with Crippen LogP contribution in [0.4, 0.5) is 4.39 Å². The fraction of sp³-hybridized carbons (Fsp3) is 0.333. The summed E-state index contributed by atoms with van der Waals surface area (Å²) < 4.78 is 15.2. The number of aromatic nitrogens is 4. The van der Waals surface area contributed by atoms with Crippen molar-refractivity contribution in [2.75, 3.05) is 13.1 Å². The van der Waals surface area contributed by atoms with Gasteiger partial charge in [-0.2, -0.15) is 5.10 Å². The quantitative estimate of drug-likeness (QED) is 0.280.